The Morgan fingerprint density at radius 3 is 2.62 bits per heavy atom. The van der Waals surface area contributed by atoms with Crippen LogP contribution in [0, 0.1) is 17.3 Å². The minimum absolute atomic E-state index is 0.00982. The predicted molar refractivity (Wildman–Crippen MR) is 139 cm³/mol. The quantitative estimate of drug-likeness (QED) is 0.441. The number of ketones is 1. The summed E-state index contributed by atoms with van der Waals surface area (Å²) in [5.41, 5.74) is 6.55. The molecule has 4 aliphatic carbocycles. The fraction of sp³-hybridized carbons (Fsp3) is 0.548. The van der Waals surface area contributed by atoms with Gasteiger partial charge in [0, 0.05) is 7.11 Å². The van der Waals surface area contributed by atoms with Crippen molar-refractivity contribution in [1.29, 1.82) is 0 Å². The number of hydrogen-bond acceptors (Lipinski definition) is 5. The summed E-state index contributed by atoms with van der Waals surface area (Å²) in [5, 5.41) is 0. The van der Waals surface area contributed by atoms with Gasteiger partial charge in [-0.2, -0.15) is 0 Å². The van der Waals surface area contributed by atoms with Crippen LogP contribution in [0.3, 0.4) is 0 Å². The van der Waals surface area contributed by atoms with Crippen molar-refractivity contribution in [3.05, 3.63) is 62.3 Å². The molecule has 5 rings (SSSR count). The average molecular weight is 618 g/mol. The van der Waals surface area contributed by atoms with Gasteiger partial charge < -0.3 is 0 Å². The molecule has 37 heavy (non-hydrogen) atoms. The van der Waals surface area contributed by atoms with Crippen molar-refractivity contribution in [3.8, 4) is 0 Å². The van der Waals surface area contributed by atoms with E-state index in [2.05, 4.69) is 31.2 Å². The zero-order valence-corrected chi connectivity index (χ0v) is 24.5. The van der Waals surface area contributed by atoms with E-state index < -0.39 is 21.6 Å². The SMILES string of the molecule is COC[C@]1(OC)CC[C@H]2[C@@H]3CCC4=CC(=O)CCC4=C3[C@@H](c3ccc(/C=C\[I-]OC(C)=O)cc3)C[C@@]21C. The van der Waals surface area contributed by atoms with Gasteiger partial charge >= 0.3 is 220 Å². The molecule has 4 aliphatic rings. The van der Waals surface area contributed by atoms with E-state index in [9.17, 15) is 9.59 Å². The Morgan fingerprint density at radius 1 is 1.14 bits per heavy atom. The first-order valence-corrected chi connectivity index (χ1v) is 15.5. The Kier molecular flexibility index (Phi) is 7.81. The van der Waals surface area contributed by atoms with Crippen LogP contribution in [-0.4, -0.2) is 38.2 Å². The van der Waals surface area contributed by atoms with Crippen LogP contribution in [0.5, 0.6) is 0 Å². The predicted octanol–water partition coefficient (Wildman–Crippen LogP) is 3.16. The van der Waals surface area contributed by atoms with Gasteiger partial charge in [0.05, 0.1) is 0 Å². The van der Waals surface area contributed by atoms with E-state index >= 15 is 0 Å². The van der Waals surface area contributed by atoms with Crippen molar-refractivity contribution in [1.82, 2.24) is 0 Å². The molecule has 0 radical (unpaired) electrons. The zero-order valence-electron chi connectivity index (χ0n) is 22.3. The summed E-state index contributed by atoms with van der Waals surface area (Å²) < 4.78 is 19.2. The molecule has 0 aromatic heterocycles. The number of methoxy groups -OCH3 is 2. The van der Waals surface area contributed by atoms with Crippen LogP contribution < -0.4 is 21.6 Å². The molecule has 0 spiro atoms. The number of carbonyl (C=O) groups is 2. The normalized spacial score (nSPS) is 33.2. The van der Waals surface area contributed by atoms with Crippen molar-refractivity contribution in [2.45, 2.75) is 70.3 Å². The molecule has 0 aliphatic heterocycles. The topological polar surface area (TPSA) is 61.8 Å². The molecule has 0 amide bonds. The van der Waals surface area contributed by atoms with Crippen molar-refractivity contribution in [2.75, 3.05) is 20.8 Å². The van der Waals surface area contributed by atoms with E-state index in [0.717, 1.165) is 44.1 Å². The first-order valence-electron chi connectivity index (χ1n) is 13.4. The molecule has 2 fully saturated rings. The van der Waals surface area contributed by atoms with Gasteiger partial charge in [0.25, 0.3) is 0 Å². The van der Waals surface area contributed by atoms with Gasteiger partial charge in [-0.3, -0.25) is 4.79 Å². The van der Waals surface area contributed by atoms with Crippen molar-refractivity contribution >= 4 is 17.8 Å². The molecule has 0 heterocycles. The van der Waals surface area contributed by atoms with Crippen LogP contribution in [0.15, 0.2) is 51.1 Å². The standard InChI is InChI=1S/C31H38IO5/c1-20(33)37-32-16-14-21-5-7-22(8-6-21)27-18-30(2)28(13-15-31(30,36-4)19-35-3)26-11-9-23-17-24(34)10-12-25(23)29(26)27/h5-8,14,16-17,26-28H,9-13,15,18-19H2,1-4H3/q-1/b16-14-/t26-,27+,28-,30-,31+/m0/s1. The summed E-state index contributed by atoms with van der Waals surface area (Å²) in [6, 6.07) is 8.90. The number of rotatable bonds is 7. The number of halogens is 1. The Labute approximate surface area is 231 Å². The van der Waals surface area contributed by atoms with E-state index in [1.54, 1.807) is 12.7 Å². The van der Waals surface area contributed by atoms with Crippen LogP contribution in [0.1, 0.15) is 75.8 Å². The van der Waals surface area contributed by atoms with Gasteiger partial charge in [0.15, 0.2) is 0 Å². The number of carbonyl (C=O) groups excluding carboxylic acids is 2. The molecule has 1 aromatic carbocycles. The number of allylic oxidation sites excluding steroid dienone is 4. The van der Waals surface area contributed by atoms with Crippen molar-refractivity contribution in [2.24, 2.45) is 17.3 Å². The van der Waals surface area contributed by atoms with Gasteiger partial charge in [0.1, 0.15) is 0 Å². The maximum atomic E-state index is 12.3. The van der Waals surface area contributed by atoms with Gasteiger partial charge in [-0.05, 0) is 0 Å². The van der Waals surface area contributed by atoms with E-state index in [1.165, 1.54) is 23.6 Å². The molecule has 0 N–H and O–H groups in total. The molecule has 0 unspecified atom stereocenters. The molecule has 0 bridgehead atoms. The Bertz CT molecular complexity index is 1150. The zero-order chi connectivity index (χ0) is 26.2. The second-order valence-electron chi connectivity index (χ2n) is 11.3. The minimum atomic E-state index is -0.714. The van der Waals surface area contributed by atoms with Crippen molar-refractivity contribution < 1.29 is 43.7 Å². The molecule has 1 aromatic rings. The summed E-state index contributed by atoms with van der Waals surface area (Å²) in [6.45, 7) is 4.52. The summed E-state index contributed by atoms with van der Waals surface area (Å²) in [4.78, 5) is 23.3. The fourth-order valence-corrected chi connectivity index (χ4v) is 8.99. The van der Waals surface area contributed by atoms with E-state index in [0.29, 0.717) is 30.8 Å². The molecular formula is C31H38IO5-. The molecule has 2 saturated carbocycles. The molecule has 5 atom stereocenters. The number of benzene rings is 1. The van der Waals surface area contributed by atoms with E-state index in [1.807, 2.05) is 23.3 Å². The molecule has 5 nitrogen and oxygen atoms in total. The fourth-order valence-electron chi connectivity index (χ4n) is 7.93. The average Bonchev–Trinajstić information content (AvgIpc) is 3.18. The third-order valence-electron chi connectivity index (χ3n) is 9.59. The third kappa shape index (κ3) is 4.78. The summed E-state index contributed by atoms with van der Waals surface area (Å²) in [6.07, 6.45) is 10.8. The first kappa shape index (κ1) is 26.8. The van der Waals surface area contributed by atoms with Gasteiger partial charge in [-0.1, -0.05) is 0 Å². The van der Waals surface area contributed by atoms with Crippen LogP contribution in [0.4, 0.5) is 0 Å². The Morgan fingerprint density at radius 2 is 1.92 bits per heavy atom. The second-order valence-corrected chi connectivity index (χ2v) is 13.0. The van der Waals surface area contributed by atoms with Gasteiger partial charge in [-0.25, -0.2) is 0 Å². The van der Waals surface area contributed by atoms with Crippen LogP contribution >= 0.6 is 0 Å². The second kappa shape index (κ2) is 10.8. The van der Waals surface area contributed by atoms with Crippen LogP contribution in [0.25, 0.3) is 6.08 Å². The summed E-state index contributed by atoms with van der Waals surface area (Å²) in [7, 11) is 3.65. The number of ether oxygens (including phenoxy) is 2. The van der Waals surface area contributed by atoms with Crippen LogP contribution in [0.2, 0.25) is 0 Å². The number of fused-ring (bicyclic) bond motifs is 4. The van der Waals surface area contributed by atoms with Crippen LogP contribution in [-0.2, 0) is 22.1 Å². The van der Waals surface area contributed by atoms with E-state index in [4.69, 9.17) is 12.5 Å². The molecular weight excluding hydrogens is 579 g/mol. The van der Waals surface area contributed by atoms with Gasteiger partial charge in [-0.15, -0.1) is 0 Å². The van der Waals surface area contributed by atoms with E-state index in [-0.39, 0.29) is 22.8 Å². The van der Waals surface area contributed by atoms with Crippen molar-refractivity contribution in [3.63, 3.8) is 0 Å². The summed E-state index contributed by atoms with van der Waals surface area (Å²) in [5.74, 6) is 1.44. The van der Waals surface area contributed by atoms with Gasteiger partial charge in [0.2, 0.25) is 0 Å². The maximum absolute atomic E-state index is 12.3. The Balaban J connectivity index is 1.54. The third-order valence-corrected chi connectivity index (χ3v) is 11.1. The molecule has 6 heteroatoms. The number of hydrogen-bond donors (Lipinski definition) is 0. The monoisotopic (exact) mass is 617 g/mol. The Hall–Kier alpha value is -1.77. The first-order chi connectivity index (χ1) is 17.8. The molecule has 0 saturated heterocycles. The summed E-state index contributed by atoms with van der Waals surface area (Å²) >= 11 is -0.714. The molecule has 200 valence electrons.